The summed E-state index contributed by atoms with van der Waals surface area (Å²) >= 11 is 0. The monoisotopic (exact) mass is 354 g/mol. The lowest BCUT2D eigenvalue weighted by molar-refractivity contribution is 0.0694. The van der Waals surface area contributed by atoms with Crippen LogP contribution in [0.2, 0.25) is 0 Å². The number of ether oxygens (including phenoxy) is 1. The zero-order valence-corrected chi connectivity index (χ0v) is 15.4. The lowest BCUT2D eigenvalue weighted by Crippen LogP contribution is -2.50. The minimum absolute atomic E-state index is 0.140. The number of carboxylic acids is 1. The Bertz CT molecular complexity index is 990. The van der Waals surface area contributed by atoms with Crippen LogP contribution in [0.4, 0.5) is 0 Å². The molecule has 4 rings (SSSR count). The number of benzene rings is 1. The van der Waals surface area contributed by atoms with Gasteiger partial charge in [0.05, 0.1) is 24.4 Å². The van der Waals surface area contributed by atoms with Crippen molar-refractivity contribution >= 4 is 5.97 Å². The molecule has 0 aliphatic carbocycles. The van der Waals surface area contributed by atoms with Gasteiger partial charge in [0, 0.05) is 17.8 Å². The van der Waals surface area contributed by atoms with Gasteiger partial charge in [0.15, 0.2) is 5.43 Å². The Morgan fingerprint density at radius 1 is 1.31 bits per heavy atom. The summed E-state index contributed by atoms with van der Waals surface area (Å²) in [4.78, 5) is 23.9. The van der Waals surface area contributed by atoms with Crippen LogP contribution in [0.1, 0.15) is 54.2 Å². The van der Waals surface area contributed by atoms with Crippen molar-refractivity contribution in [1.29, 1.82) is 0 Å². The Morgan fingerprint density at radius 2 is 2.04 bits per heavy atom. The van der Waals surface area contributed by atoms with Crippen molar-refractivity contribution in [2.75, 3.05) is 12.1 Å². The van der Waals surface area contributed by atoms with Crippen LogP contribution >= 0.6 is 0 Å². The first-order chi connectivity index (χ1) is 12.2. The second-order valence-electron chi connectivity index (χ2n) is 7.71. The van der Waals surface area contributed by atoms with E-state index in [4.69, 9.17) is 4.74 Å². The molecule has 2 aromatic rings. The molecule has 26 heavy (non-hydrogen) atoms. The fourth-order valence-corrected chi connectivity index (χ4v) is 4.37. The number of aromatic carboxylic acids is 1. The van der Waals surface area contributed by atoms with Gasteiger partial charge in [-0.05, 0) is 56.9 Å². The Kier molecular flexibility index (Phi) is 3.45. The number of carbonyl (C=O) groups is 1. The highest BCUT2D eigenvalue weighted by Crippen LogP contribution is 2.49. The topological polar surface area (TPSA) is 71.8 Å². The highest BCUT2D eigenvalue weighted by atomic mass is 16.5. The summed E-state index contributed by atoms with van der Waals surface area (Å²) in [6.07, 6.45) is 3.42. The second kappa shape index (κ2) is 5.37. The smallest absolute Gasteiger partial charge is 0.341 e. The predicted molar refractivity (Wildman–Crippen MR) is 98.7 cm³/mol. The number of hydrogen-bond donors (Lipinski definition) is 1. The van der Waals surface area contributed by atoms with E-state index in [1.54, 1.807) is 7.11 Å². The van der Waals surface area contributed by atoms with Gasteiger partial charge in [-0.25, -0.2) is 4.79 Å². The van der Waals surface area contributed by atoms with Crippen LogP contribution in [-0.4, -0.2) is 28.4 Å². The molecule has 6 heteroatoms. The molecule has 1 atom stereocenters. The Labute approximate surface area is 151 Å². The number of carboxylic acid groups (broad SMARTS) is 1. The van der Waals surface area contributed by atoms with Crippen molar-refractivity contribution < 1.29 is 14.6 Å². The molecule has 3 heterocycles. The summed E-state index contributed by atoms with van der Waals surface area (Å²) in [6, 6.07) is 5.66. The Hall–Kier alpha value is -2.76. The molecule has 0 saturated carbocycles. The number of fused-ring (bicyclic) bond motifs is 6. The van der Waals surface area contributed by atoms with E-state index < -0.39 is 11.4 Å². The third-order valence-corrected chi connectivity index (χ3v) is 5.64. The van der Waals surface area contributed by atoms with Gasteiger partial charge in [-0.15, -0.1) is 0 Å². The van der Waals surface area contributed by atoms with Crippen LogP contribution in [-0.2, 0) is 0 Å². The van der Waals surface area contributed by atoms with Gasteiger partial charge in [0.25, 0.3) is 0 Å². The molecule has 1 fully saturated rings. The third kappa shape index (κ3) is 2.18. The maximum absolute atomic E-state index is 12.4. The normalized spacial score (nSPS) is 19.5. The summed E-state index contributed by atoms with van der Waals surface area (Å²) < 4.78 is 7.34. The molecule has 1 aromatic carbocycles. The number of rotatable bonds is 2. The molecule has 0 amide bonds. The fraction of sp³-hybridized carbons (Fsp3) is 0.400. The van der Waals surface area contributed by atoms with Crippen molar-refractivity contribution in [2.24, 2.45) is 0 Å². The van der Waals surface area contributed by atoms with E-state index in [9.17, 15) is 14.7 Å². The zero-order chi connectivity index (χ0) is 18.8. The predicted octanol–water partition coefficient (Wildman–Crippen LogP) is 3.10. The SMILES string of the molecule is COc1cc2c(cc1C)[C@H]1CCC(C)(C)N1n1cc(C(=O)O)c(=O)cc1-2. The van der Waals surface area contributed by atoms with Crippen LogP contribution in [0.25, 0.3) is 11.3 Å². The molecule has 2 aliphatic rings. The van der Waals surface area contributed by atoms with E-state index in [-0.39, 0.29) is 17.1 Å². The quantitative estimate of drug-likeness (QED) is 0.897. The summed E-state index contributed by atoms with van der Waals surface area (Å²) in [5.74, 6) is -0.443. The number of aromatic nitrogens is 1. The first-order valence-electron chi connectivity index (χ1n) is 8.73. The molecule has 1 N–H and O–H groups in total. The van der Waals surface area contributed by atoms with Gasteiger partial charge >= 0.3 is 5.97 Å². The van der Waals surface area contributed by atoms with Crippen molar-refractivity contribution in [1.82, 2.24) is 4.68 Å². The van der Waals surface area contributed by atoms with Crippen molar-refractivity contribution in [3.05, 3.63) is 51.3 Å². The Morgan fingerprint density at radius 3 is 2.69 bits per heavy atom. The summed E-state index contributed by atoms with van der Waals surface area (Å²) in [7, 11) is 1.63. The lowest BCUT2D eigenvalue weighted by Gasteiger charge is -2.44. The van der Waals surface area contributed by atoms with E-state index in [1.165, 1.54) is 12.3 Å². The maximum Gasteiger partial charge on any atom is 0.341 e. The molecular weight excluding hydrogens is 332 g/mol. The van der Waals surface area contributed by atoms with Crippen LogP contribution in [0.3, 0.4) is 0 Å². The molecule has 0 radical (unpaired) electrons. The van der Waals surface area contributed by atoms with E-state index in [0.29, 0.717) is 5.69 Å². The summed E-state index contributed by atoms with van der Waals surface area (Å²) in [5, 5.41) is 11.6. The largest absolute Gasteiger partial charge is 0.496 e. The molecule has 1 aromatic heterocycles. The number of pyridine rings is 1. The number of nitrogens with zero attached hydrogens (tertiary/aromatic N) is 2. The molecule has 0 unspecified atom stereocenters. The number of hydrogen-bond acceptors (Lipinski definition) is 4. The molecule has 2 aliphatic heterocycles. The summed E-state index contributed by atoms with van der Waals surface area (Å²) in [6.45, 7) is 6.31. The van der Waals surface area contributed by atoms with E-state index in [1.807, 2.05) is 17.7 Å². The van der Waals surface area contributed by atoms with E-state index in [2.05, 4.69) is 24.9 Å². The van der Waals surface area contributed by atoms with Gasteiger partial charge in [-0.2, -0.15) is 0 Å². The van der Waals surface area contributed by atoms with Gasteiger partial charge < -0.3 is 9.84 Å². The minimum Gasteiger partial charge on any atom is -0.496 e. The van der Waals surface area contributed by atoms with Crippen molar-refractivity contribution in [3.8, 4) is 17.0 Å². The number of aryl methyl sites for hydroxylation is 1. The standard InChI is InChI=1S/C20H22N2O4/c1-11-7-12-13(8-18(11)26-4)16-9-17(23)14(19(24)25)10-21(16)22-15(12)5-6-20(22,2)3/h7-10,15H,5-6H2,1-4H3,(H,24,25)/t15-/m1/s1. The van der Waals surface area contributed by atoms with Crippen LogP contribution < -0.4 is 15.2 Å². The average molecular weight is 354 g/mol. The maximum atomic E-state index is 12.4. The zero-order valence-electron chi connectivity index (χ0n) is 15.4. The fourth-order valence-electron chi connectivity index (χ4n) is 4.37. The average Bonchev–Trinajstić information content (AvgIpc) is 2.89. The van der Waals surface area contributed by atoms with Gasteiger partial charge in [-0.1, -0.05) is 0 Å². The van der Waals surface area contributed by atoms with Crippen molar-refractivity contribution in [3.63, 3.8) is 0 Å². The van der Waals surface area contributed by atoms with E-state index >= 15 is 0 Å². The lowest BCUT2D eigenvalue weighted by atomic mass is 9.92. The minimum atomic E-state index is -1.20. The van der Waals surface area contributed by atoms with Crippen LogP contribution in [0.5, 0.6) is 5.75 Å². The van der Waals surface area contributed by atoms with E-state index in [0.717, 1.165) is 35.3 Å². The summed E-state index contributed by atoms with van der Waals surface area (Å²) in [5.41, 5.74) is 3.02. The highest BCUT2D eigenvalue weighted by molar-refractivity contribution is 5.88. The molecule has 136 valence electrons. The first-order valence-corrected chi connectivity index (χ1v) is 8.73. The highest BCUT2D eigenvalue weighted by Gasteiger charge is 2.45. The first kappa shape index (κ1) is 16.7. The van der Waals surface area contributed by atoms with Gasteiger partial charge in [-0.3, -0.25) is 14.5 Å². The van der Waals surface area contributed by atoms with Gasteiger partial charge in [0.2, 0.25) is 0 Å². The third-order valence-electron chi connectivity index (χ3n) is 5.64. The Balaban J connectivity index is 2.07. The number of methoxy groups -OCH3 is 1. The molecule has 6 nitrogen and oxygen atoms in total. The molecule has 0 bridgehead atoms. The van der Waals surface area contributed by atoms with Crippen molar-refractivity contribution in [2.45, 2.75) is 45.2 Å². The molecule has 0 spiro atoms. The van der Waals surface area contributed by atoms with Crippen LogP contribution in [0.15, 0.2) is 29.2 Å². The molecular formula is C20H22N2O4. The second-order valence-corrected chi connectivity index (χ2v) is 7.71. The van der Waals surface area contributed by atoms with Gasteiger partial charge in [0.1, 0.15) is 11.3 Å². The van der Waals surface area contributed by atoms with Crippen LogP contribution in [0, 0.1) is 6.92 Å². The molecule has 1 saturated heterocycles.